The Kier molecular flexibility index (Phi) is 14.0. The van der Waals surface area contributed by atoms with Crippen molar-refractivity contribution in [1.29, 1.82) is 0 Å². The number of hydrogen-bond acceptors (Lipinski definition) is 6. The minimum atomic E-state index is -0.521. The van der Waals surface area contributed by atoms with E-state index >= 15 is 0 Å². The lowest BCUT2D eigenvalue weighted by atomic mass is 9.86. The molecular formula is C40H70N4O6. The van der Waals surface area contributed by atoms with Gasteiger partial charge >= 0.3 is 12.1 Å². The van der Waals surface area contributed by atoms with E-state index in [4.69, 9.17) is 18.9 Å². The Hall–Kier alpha value is -1.62. The molecule has 0 unspecified atom stereocenters. The molecule has 0 aromatic rings. The van der Waals surface area contributed by atoms with Crippen molar-refractivity contribution >= 4 is 12.1 Å². The molecule has 2 heterocycles. The van der Waals surface area contributed by atoms with Gasteiger partial charge in [-0.1, -0.05) is 53.4 Å². The molecule has 6 fully saturated rings. The summed E-state index contributed by atoms with van der Waals surface area (Å²) < 4.78 is 26.1. The van der Waals surface area contributed by atoms with E-state index < -0.39 is 12.3 Å². The lowest BCUT2D eigenvalue weighted by Gasteiger charge is -2.34. The van der Waals surface area contributed by atoms with Gasteiger partial charge in [-0.15, -0.1) is 0 Å². The molecule has 286 valence electrons. The first-order valence-electron chi connectivity index (χ1n) is 21.0. The predicted octanol–water partition coefficient (Wildman–Crippen LogP) is 8.89. The number of fused-ring (bicyclic) bond motifs is 1. The minimum absolute atomic E-state index is 0.126. The van der Waals surface area contributed by atoms with Crippen LogP contribution in [-0.4, -0.2) is 95.3 Å². The van der Waals surface area contributed by atoms with Gasteiger partial charge in [0.2, 0.25) is 0 Å². The number of ether oxygens (including phenoxy) is 4. The normalized spacial score (nSPS) is 36.8. The number of hydrogen-bond donors (Lipinski definition) is 0. The molecule has 4 saturated carbocycles. The second-order valence-corrected chi connectivity index (χ2v) is 16.7. The molecule has 0 radical (unpaired) electrons. The molecule has 0 aromatic carbocycles. The molecule has 0 N–H and O–H groups in total. The van der Waals surface area contributed by atoms with Crippen molar-refractivity contribution in [3.8, 4) is 0 Å². The van der Waals surface area contributed by atoms with E-state index in [-0.39, 0.29) is 63.4 Å². The van der Waals surface area contributed by atoms with E-state index in [9.17, 15) is 9.59 Å². The largest absolute Gasteiger partial charge is 0.358 e. The second-order valence-electron chi connectivity index (χ2n) is 16.7. The van der Waals surface area contributed by atoms with Gasteiger partial charge in [-0.2, -0.15) is 0 Å². The summed E-state index contributed by atoms with van der Waals surface area (Å²) in [5, 5.41) is 0. The van der Waals surface area contributed by atoms with Gasteiger partial charge < -0.3 is 18.9 Å². The van der Waals surface area contributed by atoms with Gasteiger partial charge in [0.15, 0.2) is 12.3 Å². The van der Waals surface area contributed by atoms with Crippen LogP contribution in [0.1, 0.15) is 156 Å². The van der Waals surface area contributed by atoms with E-state index in [1.165, 1.54) is 77.0 Å². The molecule has 50 heavy (non-hydrogen) atoms. The first-order chi connectivity index (χ1) is 24.4. The Morgan fingerprint density at radius 2 is 0.580 bits per heavy atom. The van der Waals surface area contributed by atoms with Crippen LogP contribution < -0.4 is 0 Å². The summed E-state index contributed by atoms with van der Waals surface area (Å²) in [4.78, 5) is 36.1. The first kappa shape index (κ1) is 38.1. The lowest BCUT2D eigenvalue weighted by molar-refractivity contribution is -0.0845. The fourth-order valence-corrected chi connectivity index (χ4v) is 9.86. The van der Waals surface area contributed by atoms with E-state index in [0.29, 0.717) is 0 Å². The maximum Gasteiger partial charge on any atom is 0.327 e. The first-order valence-corrected chi connectivity index (χ1v) is 21.0. The van der Waals surface area contributed by atoms with E-state index in [1.54, 1.807) is 19.6 Å². The standard InChI is InChI=1S/C40H70N4O6/c1-5-29-9-17-33(18-10-29)47-25-41-37-38(43(39(41)45)27-49-35-21-13-31(7-3)14-22-35)44(28-50-36-23-15-32(8-4)16-24-36)40(46)42(37)26-48-34-19-11-30(6-2)12-20-34/h29-38H,5-28H2,1-4H3. The molecule has 2 aliphatic heterocycles. The van der Waals surface area contributed by atoms with Crippen LogP contribution >= 0.6 is 0 Å². The quantitative estimate of drug-likeness (QED) is 0.160. The summed E-state index contributed by atoms with van der Waals surface area (Å²) in [6, 6.07) is -0.252. The molecule has 4 amide bonds. The molecule has 0 bridgehead atoms. The Morgan fingerprint density at radius 3 is 0.760 bits per heavy atom. The summed E-state index contributed by atoms with van der Waals surface area (Å²) in [5.74, 6) is 3.08. The van der Waals surface area contributed by atoms with Crippen LogP contribution in [0, 0.1) is 23.7 Å². The number of rotatable bonds is 16. The van der Waals surface area contributed by atoms with Crippen molar-refractivity contribution < 1.29 is 28.5 Å². The van der Waals surface area contributed by atoms with Crippen molar-refractivity contribution in [2.24, 2.45) is 23.7 Å². The Bertz CT molecular complexity index is 890. The van der Waals surface area contributed by atoms with Gasteiger partial charge in [0.25, 0.3) is 0 Å². The molecule has 10 heteroatoms. The van der Waals surface area contributed by atoms with Gasteiger partial charge in [-0.25, -0.2) is 9.59 Å². The highest BCUT2D eigenvalue weighted by Gasteiger charge is 2.60. The van der Waals surface area contributed by atoms with Crippen molar-refractivity contribution in [3.05, 3.63) is 0 Å². The molecule has 6 aliphatic rings. The molecule has 0 atom stereocenters. The van der Waals surface area contributed by atoms with Crippen LogP contribution in [0.25, 0.3) is 0 Å². The van der Waals surface area contributed by atoms with E-state index in [1.807, 2.05) is 0 Å². The molecule has 10 nitrogen and oxygen atoms in total. The average molecular weight is 703 g/mol. The van der Waals surface area contributed by atoms with Crippen molar-refractivity contribution in [1.82, 2.24) is 19.6 Å². The van der Waals surface area contributed by atoms with Gasteiger partial charge in [0, 0.05) is 0 Å². The number of amides is 4. The van der Waals surface area contributed by atoms with Crippen LogP contribution in [0.5, 0.6) is 0 Å². The van der Waals surface area contributed by atoms with Gasteiger partial charge in [-0.05, 0) is 126 Å². The highest BCUT2D eigenvalue weighted by atomic mass is 16.5. The number of carbonyl (C=O) groups excluding carboxylic acids is 2. The maximum atomic E-state index is 14.5. The molecule has 6 rings (SSSR count). The Morgan fingerprint density at radius 1 is 0.380 bits per heavy atom. The van der Waals surface area contributed by atoms with Gasteiger partial charge in [0.1, 0.15) is 26.9 Å². The molecule has 4 aliphatic carbocycles. The zero-order valence-electron chi connectivity index (χ0n) is 32.0. The van der Waals surface area contributed by atoms with E-state index in [0.717, 1.165) is 75.0 Å². The minimum Gasteiger partial charge on any atom is -0.358 e. The second kappa shape index (κ2) is 18.4. The van der Waals surface area contributed by atoms with Crippen LogP contribution in [-0.2, 0) is 18.9 Å². The SMILES string of the molecule is CCC1CCC(OCN2C(=O)N(COC3CCC(CC)CC3)C3C2N(COC2CCC(CC)CC2)C(=O)N3COC2CCC(CC)CC2)CC1. The monoisotopic (exact) mass is 703 g/mol. The summed E-state index contributed by atoms with van der Waals surface area (Å²) >= 11 is 0. The highest BCUT2D eigenvalue weighted by Crippen LogP contribution is 2.38. The van der Waals surface area contributed by atoms with Crippen LogP contribution in [0.15, 0.2) is 0 Å². The fraction of sp³-hybridized carbons (Fsp3) is 0.950. The molecule has 0 spiro atoms. The third-order valence-corrected chi connectivity index (χ3v) is 13.8. The maximum absolute atomic E-state index is 14.5. The van der Waals surface area contributed by atoms with Crippen molar-refractivity contribution in [3.63, 3.8) is 0 Å². The highest BCUT2D eigenvalue weighted by molar-refractivity contribution is 5.85. The van der Waals surface area contributed by atoms with Crippen LogP contribution in [0.3, 0.4) is 0 Å². The van der Waals surface area contributed by atoms with Gasteiger partial charge in [0.05, 0.1) is 24.4 Å². The number of nitrogens with zero attached hydrogens (tertiary/aromatic N) is 4. The zero-order valence-corrected chi connectivity index (χ0v) is 32.0. The average Bonchev–Trinajstić information content (AvgIpc) is 3.59. The van der Waals surface area contributed by atoms with Gasteiger partial charge in [-0.3, -0.25) is 19.6 Å². The smallest absolute Gasteiger partial charge is 0.327 e. The number of carbonyl (C=O) groups is 2. The van der Waals surface area contributed by atoms with Crippen molar-refractivity contribution in [2.75, 3.05) is 26.9 Å². The lowest BCUT2D eigenvalue weighted by Crippen LogP contribution is -2.49. The Balaban J connectivity index is 1.19. The summed E-state index contributed by atoms with van der Waals surface area (Å²) in [6.45, 7) is 9.76. The zero-order chi connectivity index (χ0) is 35.0. The molecule has 0 aromatic heterocycles. The van der Waals surface area contributed by atoms with Crippen molar-refractivity contribution in [2.45, 2.75) is 193 Å². The number of urea groups is 2. The topological polar surface area (TPSA) is 84.0 Å². The summed E-state index contributed by atoms with van der Waals surface area (Å²) in [6.07, 6.45) is 21.9. The summed E-state index contributed by atoms with van der Waals surface area (Å²) in [7, 11) is 0. The Labute approximate surface area is 303 Å². The molecule has 2 saturated heterocycles. The molecular weight excluding hydrogens is 632 g/mol. The fourth-order valence-electron chi connectivity index (χ4n) is 9.86. The summed E-state index contributed by atoms with van der Waals surface area (Å²) in [5.41, 5.74) is 0. The predicted molar refractivity (Wildman–Crippen MR) is 194 cm³/mol. The third kappa shape index (κ3) is 9.11. The van der Waals surface area contributed by atoms with Crippen LogP contribution in [0.2, 0.25) is 0 Å². The van der Waals surface area contributed by atoms with E-state index in [2.05, 4.69) is 27.7 Å². The van der Waals surface area contributed by atoms with Crippen LogP contribution in [0.4, 0.5) is 9.59 Å². The third-order valence-electron chi connectivity index (χ3n) is 13.8.